The van der Waals surface area contributed by atoms with Gasteiger partial charge < -0.3 is 15.0 Å². The van der Waals surface area contributed by atoms with Crippen LogP contribution in [0, 0.1) is 0 Å². The van der Waals surface area contributed by atoms with Crippen molar-refractivity contribution in [2.75, 3.05) is 37.7 Å². The van der Waals surface area contributed by atoms with Crippen LogP contribution in [-0.4, -0.2) is 43.7 Å². The predicted octanol–water partition coefficient (Wildman–Crippen LogP) is 2.51. The third kappa shape index (κ3) is 4.09. The minimum Gasteiger partial charge on any atom is -0.378 e. The predicted molar refractivity (Wildman–Crippen MR) is 92.3 cm³/mol. The van der Waals surface area contributed by atoms with E-state index in [1.165, 1.54) is 4.88 Å². The summed E-state index contributed by atoms with van der Waals surface area (Å²) in [6.07, 6.45) is 1.70. The number of anilines is 1. The van der Waals surface area contributed by atoms with E-state index in [-0.39, 0.29) is 5.91 Å². The van der Waals surface area contributed by atoms with E-state index in [4.69, 9.17) is 4.74 Å². The number of carbonyl (C=O) groups is 1. The van der Waals surface area contributed by atoms with Crippen LogP contribution in [0.25, 0.3) is 0 Å². The van der Waals surface area contributed by atoms with Crippen molar-refractivity contribution in [3.05, 3.63) is 46.4 Å². The first kappa shape index (κ1) is 16.0. The highest BCUT2D eigenvalue weighted by Gasteiger charge is 2.15. The Labute approximate surface area is 140 Å². The zero-order chi connectivity index (χ0) is 16.1. The van der Waals surface area contributed by atoms with Gasteiger partial charge >= 0.3 is 0 Å². The summed E-state index contributed by atoms with van der Waals surface area (Å²) in [6, 6.07) is 7.93. The molecule has 2 aromatic rings. The molecule has 1 N–H and O–H groups in total. The minimum absolute atomic E-state index is 0.122. The Morgan fingerprint density at radius 1 is 1.43 bits per heavy atom. The second-order valence-electron chi connectivity index (χ2n) is 5.63. The number of morpholine rings is 1. The first-order valence-electron chi connectivity index (χ1n) is 7.84. The van der Waals surface area contributed by atoms with Crippen LogP contribution in [0.15, 0.2) is 35.8 Å². The van der Waals surface area contributed by atoms with Gasteiger partial charge in [-0.05, 0) is 23.6 Å². The van der Waals surface area contributed by atoms with Crippen molar-refractivity contribution in [1.29, 1.82) is 0 Å². The molecule has 6 heteroatoms. The highest BCUT2D eigenvalue weighted by Crippen LogP contribution is 2.20. The van der Waals surface area contributed by atoms with Crippen molar-refractivity contribution in [1.82, 2.24) is 10.3 Å². The van der Waals surface area contributed by atoms with E-state index < -0.39 is 0 Å². The van der Waals surface area contributed by atoms with E-state index in [1.54, 1.807) is 17.5 Å². The molecule has 1 aliphatic rings. The van der Waals surface area contributed by atoms with Crippen LogP contribution in [0.3, 0.4) is 0 Å². The lowest BCUT2D eigenvalue weighted by Gasteiger charge is -2.28. The lowest BCUT2D eigenvalue weighted by molar-refractivity contribution is 0.0947. The summed E-state index contributed by atoms with van der Waals surface area (Å²) in [5.74, 6) is 0.185. The number of thiophene rings is 1. The van der Waals surface area contributed by atoms with Gasteiger partial charge in [0.15, 0.2) is 0 Å². The number of nitrogens with one attached hydrogen (secondary N) is 1. The normalized spacial score (nSPS) is 16.1. The Kier molecular flexibility index (Phi) is 5.25. The fraction of sp³-hybridized carbons (Fsp3) is 0.412. The molecule has 1 amide bonds. The number of pyridine rings is 1. The molecule has 0 radical (unpaired) electrons. The molecule has 0 bridgehead atoms. The van der Waals surface area contributed by atoms with Gasteiger partial charge in [0.05, 0.1) is 13.2 Å². The van der Waals surface area contributed by atoms with Crippen LogP contribution in [0.5, 0.6) is 0 Å². The summed E-state index contributed by atoms with van der Waals surface area (Å²) >= 11 is 1.71. The van der Waals surface area contributed by atoms with E-state index in [0.717, 1.165) is 32.0 Å². The van der Waals surface area contributed by atoms with Gasteiger partial charge in [0, 0.05) is 42.3 Å². The van der Waals surface area contributed by atoms with Gasteiger partial charge in [-0.1, -0.05) is 13.0 Å². The Bertz CT molecular complexity index is 639. The standard InChI is InChI=1S/C17H21N3O2S/c1-13(16-3-2-10-23-16)12-19-17(21)15-11-14(4-5-18-15)20-6-8-22-9-7-20/h2-5,10-11,13H,6-9,12H2,1H3,(H,19,21)/t13-/m1/s1. The maximum Gasteiger partial charge on any atom is 0.269 e. The highest BCUT2D eigenvalue weighted by molar-refractivity contribution is 7.10. The molecule has 0 saturated carbocycles. The quantitative estimate of drug-likeness (QED) is 0.915. The lowest BCUT2D eigenvalue weighted by Crippen LogP contribution is -2.36. The summed E-state index contributed by atoms with van der Waals surface area (Å²) in [6.45, 7) is 5.87. The number of nitrogens with zero attached hydrogens (tertiary/aromatic N) is 2. The van der Waals surface area contributed by atoms with Crippen molar-refractivity contribution < 1.29 is 9.53 Å². The number of ether oxygens (including phenoxy) is 1. The number of rotatable bonds is 5. The molecule has 5 nitrogen and oxygen atoms in total. The second-order valence-corrected chi connectivity index (χ2v) is 6.60. The molecular formula is C17H21N3O2S. The lowest BCUT2D eigenvalue weighted by atomic mass is 10.1. The first-order valence-corrected chi connectivity index (χ1v) is 8.72. The summed E-state index contributed by atoms with van der Waals surface area (Å²) in [4.78, 5) is 20.0. The Morgan fingerprint density at radius 2 is 2.26 bits per heavy atom. The maximum atomic E-state index is 12.3. The molecule has 0 aromatic carbocycles. The van der Waals surface area contributed by atoms with Crippen LogP contribution in [0.4, 0.5) is 5.69 Å². The van der Waals surface area contributed by atoms with E-state index >= 15 is 0 Å². The van der Waals surface area contributed by atoms with Crippen molar-refractivity contribution in [3.63, 3.8) is 0 Å². The fourth-order valence-corrected chi connectivity index (χ4v) is 3.36. The molecule has 0 unspecified atom stereocenters. The molecule has 3 heterocycles. The fourth-order valence-electron chi connectivity index (χ4n) is 2.57. The molecule has 1 aliphatic heterocycles. The third-order valence-corrected chi connectivity index (χ3v) is 5.05. The average molecular weight is 331 g/mol. The molecule has 1 fully saturated rings. The van der Waals surface area contributed by atoms with Gasteiger partial charge in [-0.25, -0.2) is 0 Å². The second kappa shape index (κ2) is 7.57. The van der Waals surface area contributed by atoms with Crippen LogP contribution >= 0.6 is 11.3 Å². The minimum atomic E-state index is -0.122. The zero-order valence-electron chi connectivity index (χ0n) is 13.2. The van der Waals surface area contributed by atoms with Gasteiger partial charge in [0.1, 0.15) is 5.69 Å². The van der Waals surface area contributed by atoms with E-state index in [9.17, 15) is 4.79 Å². The van der Waals surface area contributed by atoms with Crippen LogP contribution in [0.1, 0.15) is 28.2 Å². The topological polar surface area (TPSA) is 54.5 Å². The smallest absolute Gasteiger partial charge is 0.269 e. The third-order valence-electron chi connectivity index (χ3n) is 3.95. The number of carbonyl (C=O) groups excluding carboxylic acids is 1. The molecule has 1 atom stereocenters. The highest BCUT2D eigenvalue weighted by atomic mass is 32.1. The molecular weight excluding hydrogens is 310 g/mol. The molecule has 0 aliphatic carbocycles. The molecule has 122 valence electrons. The first-order chi connectivity index (χ1) is 11.2. The van der Waals surface area contributed by atoms with Crippen LogP contribution < -0.4 is 10.2 Å². The largest absolute Gasteiger partial charge is 0.378 e. The van der Waals surface area contributed by atoms with Crippen molar-refractivity contribution in [3.8, 4) is 0 Å². The van der Waals surface area contributed by atoms with Crippen LogP contribution in [0.2, 0.25) is 0 Å². The Hall–Kier alpha value is -1.92. The van der Waals surface area contributed by atoms with E-state index in [1.807, 2.05) is 18.2 Å². The van der Waals surface area contributed by atoms with Gasteiger partial charge in [-0.2, -0.15) is 0 Å². The zero-order valence-corrected chi connectivity index (χ0v) is 14.0. The number of aromatic nitrogens is 1. The van der Waals surface area contributed by atoms with Gasteiger partial charge in [0.2, 0.25) is 0 Å². The number of hydrogen-bond donors (Lipinski definition) is 1. The van der Waals surface area contributed by atoms with Gasteiger partial charge in [0.25, 0.3) is 5.91 Å². The van der Waals surface area contributed by atoms with E-state index in [0.29, 0.717) is 18.2 Å². The molecule has 1 saturated heterocycles. The van der Waals surface area contributed by atoms with Crippen molar-refractivity contribution in [2.24, 2.45) is 0 Å². The summed E-state index contributed by atoms with van der Waals surface area (Å²) in [5.41, 5.74) is 1.49. The number of amides is 1. The molecule has 2 aromatic heterocycles. The molecule has 0 spiro atoms. The summed E-state index contributed by atoms with van der Waals surface area (Å²) in [5, 5.41) is 5.04. The SMILES string of the molecule is C[C@H](CNC(=O)c1cc(N2CCOCC2)ccn1)c1cccs1. The summed E-state index contributed by atoms with van der Waals surface area (Å²) in [7, 11) is 0. The Morgan fingerprint density at radius 3 is 3.00 bits per heavy atom. The molecule has 3 rings (SSSR count). The molecule has 23 heavy (non-hydrogen) atoms. The van der Waals surface area contributed by atoms with Gasteiger partial charge in [-0.3, -0.25) is 9.78 Å². The van der Waals surface area contributed by atoms with Crippen molar-refractivity contribution in [2.45, 2.75) is 12.8 Å². The van der Waals surface area contributed by atoms with Crippen molar-refractivity contribution >= 4 is 22.9 Å². The summed E-state index contributed by atoms with van der Waals surface area (Å²) < 4.78 is 5.36. The maximum absolute atomic E-state index is 12.3. The van der Waals surface area contributed by atoms with Crippen LogP contribution in [-0.2, 0) is 4.74 Å². The number of hydrogen-bond acceptors (Lipinski definition) is 5. The monoisotopic (exact) mass is 331 g/mol. The van der Waals surface area contributed by atoms with E-state index in [2.05, 4.69) is 33.6 Å². The van der Waals surface area contributed by atoms with Gasteiger partial charge in [-0.15, -0.1) is 11.3 Å². The Balaban J connectivity index is 1.60. The average Bonchev–Trinajstić information content (AvgIpc) is 3.15.